The van der Waals surface area contributed by atoms with E-state index >= 15 is 0 Å². The second kappa shape index (κ2) is 6.44. The molecule has 0 unspecified atom stereocenters. The summed E-state index contributed by atoms with van der Waals surface area (Å²) in [5.74, 6) is -0.915. The highest BCUT2D eigenvalue weighted by molar-refractivity contribution is 6.07. The van der Waals surface area contributed by atoms with Crippen molar-refractivity contribution in [1.29, 1.82) is 0 Å². The number of anilines is 1. The maximum Gasteiger partial charge on any atom is 0.356 e. The minimum Gasteiger partial charge on any atom is -0.464 e. The molecule has 1 amide bonds. The molecule has 2 aromatic rings. The van der Waals surface area contributed by atoms with Crippen molar-refractivity contribution < 1.29 is 19.4 Å². The normalized spacial score (nSPS) is 10.4. The zero-order valence-electron chi connectivity index (χ0n) is 12.7. The SMILES string of the molecule is COC(=O)c1[nH]c(C)cc1NC(=O)c1ccc(C)c(CO)c1. The van der Waals surface area contributed by atoms with Gasteiger partial charge in [-0.05, 0) is 43.2 Å². The Morgan fingerprint density at radius 3 is 2.64 bits per heavy atom. The molecule has 116 valence electrons. The van der Waals surface area contributed by atoms with Gasteiger partial charge in [-0.1, -0.05) is 6.07 Å². The zero-order chi connectivity index (χ0) is 16.3. The van der Waals surface area contributed by atoms with Crippen LogP contribution >= 0.6 is 0 Å². The molecule has 2 rings (SSSR count). The molecule has 0 spiro atoms. The van der Waals surface area contributed by atoms with Crippen molar-refractivity contribution in [2.75, 3.05) is 12.4 Å². The number of aliphatic hydroxyl groups is 1. The molecular weight excluding hydrogens is 284 g/mol. The minimum atomic E-state index is -0.552. The molecule has 0 radical (unpaired) electrons. The van der Waals surface area contributed by atoms with Crippen LogP contribution in [0.15, 0.2) is 24.3 Å². The maximum absolute atomic E-state index is 12.3. The molecule has 0 fully saturated rings. The van der Waals surface area contributed by atoms with E-state index in [9.17, 15) is 14.7 Å². The number of nitrogens with one attached hydrogen (secondary N) is 2. The van der Waals surface area contributed by atoms with Crippen molar-refractivity contribution in [1.82, 2.24) is 4.98 Å². The van der Waals surface area contributed by atoms with Crippen LogP contribution in [0.3, 0.4) is 0 Å². The van der Waals surface area contributed by atoms with Gasteiger partial charge in [0.2, 0.25) is 0 Å². The molecule has 1 heterocycles. The van der Waals surface area contributed by atoms with Crippen molar-refractivity contribution in [3.63, 3.8) is 0 Å². The number of H-pyrrole nitrogens is 1. The second-order valence-corrected chi connectivity index (χ2v) is 4.99. The van der Waals surface area contributed by atoms with Crippen molar-refractivity contribution >= 4 is 17.6 Å². The number of benzene rings is 1. The van der Waals surface area contributed by atoms with Gasteiger partial charge in [-0.2, -0.15) is 0 Å². The van der Waals surface area contributed by atoms with Crippen LogP contribution in [0.2, 0.25) is 0 Å². The third-order valence-electron chi connectivity index (χ3n) is 3.37. The van der Waals surface area contributed by atoms with Crippen LogP contribution in [0.25, 0.3) is 0 Å². The van der Waals surface area contributed by atoms with E-state index in [0.717, 1.165) is 11.3 Å². The van der Waals surface area contributed by atoms with E-state index in [2.05, 4.69) is 15.0 Å². The number of ether oxygens (including phenoxy) is 1. The highest BCUT2D eigenvalue weighted by atomic mass is 16.5. The van der Waals surface area contributed by atoms with Crippen molar-refractivity contribution in [3.05, 3.63) is 52.3 Å². The summed E-state index contributed by atoms with van der Waals surface area (Å²) in [6, 6.07) is 6.72. The van der Waals surface area contributed by atoms with Crippen molar-refractivity contribution in [3.8, 4) is 0 Å². The Labute approximate surface area is 128 Å². The number of carbonyl (C=O) groups is 2. The van der Waals surface area contributed by atoms with Gasteiger partial charge in [-0.3, -0.25) is 4.79 Å². The Hall–Kier alpha value is -2.60. The van der Waals surface area contributed by atoms with Gasteiger partial charge in [0.15, 0.2) is 0 Å². The van der Waals surface area contributed by atoms with E-state index in [1.165, 1.54) is 7.11 Å². The number of esters is 1. The first-order chi connectivity index (χ1) is 10.5. The number of hydrogen-bond donors (Lipinski definition) is 3. The number of carbonyl (C=O) groups excluding carboxylic acids is 2. The van der Waals surface area contributed by atoms with Crippen LogP contribution in [0, 0.1) is 13.8 Å². The quantitative estimate of drug-likeness (QED) is 0.755. The van der Waals surface area contributed by atoms with Crippen LogP contribution in [-0.2, 0) is 11.3 Å². The summed E-state index contributed by atoms with van der Waals surface area (Å²) in [4.78, 5) is 26.8. The van der Waals surface area contributed by atoms with Crippen LogP contribution < -0.4 is 5.32 Å². The Kier molecular flexibility index (Phi) is 4.62. The first kappa shape index (κ1) is 15.8. The Balaban J connectivity index is 2.28. The molecule has 0 bridgehead atoms. The van der Waals surface area contributed by atoms with E-state index in [0.29, 0.717) is 16.8 Å². The lowest BCUT2D eigenvalue weighted by atomic mass is 10.1. The molecule has 6 heteroatoms. The second-order valence-electron chi connectivity index (χ2n) is 4.99. The summed E-state index contributed by atoms with van der Waals surface area (Å²) >= 11 is 0. The molecular formula is C16H18N2O4. The first-order valence-corrected chi connectivity index (χ1v) is 6.76. The summed E-state index contributed by atoms with van der Waals surface area (Å²) < 4.78 is 4.68. The lowest BCUT2D eigenvalue weighted by molar-refractivity contribution is 0.0596. The van der Waals surface area contributed by atoms with Crippen molar-refractivity contribution in [2.45, 2.75) is 20.5 Å². The maximum atomic E-state index is 12.3. The summed E-state index contributed by atoms with van der Waals surface area (Å²) in [7, 11) is 1.28. The number of rotatable bonds is 4. The van der Waals surface area contributed by atoms with Gasteiger partial charge < -0.3 is 20.1 Å². The van der Waals surface area contributed by atoms with E-state index in [1.807, 2.05) is 6.92 Å². The van der Waals surface area contributed by atoms with Crippen LogP contribution in [0.4, 0.5) is 5.69 Å². The number of methoxy groups -OCH3 is 1. The molecule has 1 aromatic heterocycles. The van der Waals surface area contributed by atoms with E-state index in [1.54, 1.807) is 31.2 Å². The van der Waals surface area contributed by atoms with Gasteiger partial charge >= 0.3 is 5.97 Å². The summed E-state index contributed by atoms with van der Waals surface area (Å²) in [6.45, 7) is 3.50. The fourth-order valence-electron chi connectivity index (χ4n) is 2.13. The molecule has 0 saturated heterocycles. The number of aryl methyl sites for hydroxylation is 2. The molecule has 1 aromatic carbocycles. The number of aromatic nitrogens is 1. The van der Waals surface area contributed by atoms with Gasteiger partial charge in [0.1, 0.15) is 5.69 Å². The largest absolute Gasteiger partial charge is 0.464 e. The molecule has 0 aliphatic rings. The van der Waals surface area contributed by atoms with Gasteiger partial charge in [-0.25, -0.2) is 4.79 Å². The number of hydrogen-bond acceptors (Lipinski definition) is 4. The summed E-state index contributed by atoms with van der Waals surface area (Å²) in [6.07, 6.45) is 0. The first-order valence-electron chi connectivity index (χ1n) is 6.76. The monoisotopic (exact) mass is 302 g/mol. The molecule has 6 nitrogen and oxygen atoms in total. The Morgan fingerprint density at radius 1 is 1.27 bits per heavy atom. The lowest BCUT2D eigenvalue weighted by Crippen LogP contribution is -2.15. The van der Waals surface area contributed by atoms with Crippen LogP contribution in [0.1, 0.15) is 37.7 Å². The third kappa shape index (κ3) is 3.17. The highest BCUT2D eigenvalue weighted by Crippen LogP contribution is 2.19. The molecule has 0 aliphatic carbocycles. The highest BCUT2D eigenvalue weighted by Gasteiger charge is 2.17. The van der Waals surface area contributed by atoms with Crippen LogP contribution in [-0.4, -0.2) is 29.1 Å². The lowest BCUT2D eigenvalue weighted by Gasteiger charge is -2.08. The average molecular weight is 302 g/mol. The Bertz CT molecular complexity index is 719. The minimum absolute atomic E-state index is 0.135. The molecule has 0 aliphatic heterocycles. The predicted molar refractivity (Wildman–Crippen MR) is 81.9 cm³/mol. The van der Waals surface area contributed by atoms with Crippen LogP contribution in [0.5, 0.6) is 0 Å². The Morgan fingerprint density at radius 2 is 2.00 bits per heavy atom. The fourth-order valence-corrected chi connectivity index (χ4v) is 2.13. The third-order valence-corrected chi connectivity index (χ3v) is 3.37. The average Bonchev–Trinajstić information content (AvgIpc) is 2.87. The van der Waals surface area contributed by atoms with Gasteiger partial charge in [0.05, 0.1) is 19.4 Å². The van der Waals surface area contributed by atoms with E-state index in [-0.39, 0.29) is 18.2 Å². The molecule has 22 heavy (non-hydrogen) atoms. The zero-order valence-corrected chi connectivity index (χ0v) is 12.7. The van der Waals surface area contributed by atoms with Crippen molar-refractivity contribution in [2.24, 2.45) is 0 Å². The molecule has 0 atom stereocenters. The molecule has 0 saturated carbocycles. The van der Waals surface area contributed by atoms with E-state index < -0.39 is 5.97 Å². The summed E-state index contributed by atoms with van der Waals surface area (Å²) in [5, 5.41) is 11.9. The number of amides is 1. The van der Waals surface area contributed by atoms with E-state index in [4.69, 9.17) is 0 Å². The number of aromatic amines is 1. The standard InChI is InChI=1S/C16H18N2O4/c1-9-4-5-11(7-12(9)8-19)15(20)18-13-6-10(2)17-14(13)16(21)22-3/h4-7,17,19H,8H2,1-3H3,(H,18,20). The number of aliphatic hydroxyl groups excluding tert-OH is 1. The smallest absolute Gasteiger partial charge is 0.356 e. The van der Waals surface area contributed by atoms with Gasteiger partial charge in [-0.15, -0.1) is 0 Å². The van der Waals surface area contributed by atoms with Gasteiger partial charge in [0.25, 0.3) is 5.91 Å². The van der Waals surface area contributed by atoms with Gasteiger partial charge in [0, 0.05) is 11.3 Å². The molecule has 3 N–H and O–H groups in total. The summed E-state index contributed by atoms with van der Waals surface area (Å²) in [5.41, 5.74) is 3.29. The topological polar surface area (TPSA) is 91.4 Å². The predicted octanol–water partition coefficient (Wildman–Crippen LogP) is 2.16. The fraction of sp³-hybridized carbons (Fsp3) is 0.250.